The highest BCUT2D eigenvalue weighted by molar-refractivity contribution is 5.74. The van der Waals surface area contributed by atoms with E-state index in [-0.39, 0.29) is 5.60 Å². The molecule has 0 amide bonds. The van der Waals surface area contributed by atoms with E-state index in [9.17, 15) is 4.79 Å². The van der Waals surface area contributed by atoms with Gasteiger partial charge in [-0.3, -0.25) is 10.1 Å². The lowest BCUT2D eigenvalue weighted by molar-refractivity contribution is -0.139. The van der Waals surface area contributed by atoms with Crippen molar-refractivity contribution in [3.8, 4) is 5.88 Å². The Morgan fingerprint density at radius 2 is 2.29 bits per heavy atom. The predicted molar refractivity (Wildman–Crippen MR) is 58.9 cm³/mol. The van der Waals surface area contributed by atoms with Gasteiger partial charge in [-0.25, -0.2) is 0 Å². The third-order valence-electron chi connectivity index (χ3n) is 2.45. The van der Waals surface area contributed by atoms with E-state index in [1.165, 1.54) is 0 Å². The number of hydrogen-bond donors (Lipinski definition) is 2. The molecule has 6 nitrogen and oxygen atoms in total. The number of carboxylic acids is 1. The van der Waals surface area contributed by atoms with Crippen molar-refractivity contribution in [1.29, 1.82) is 0 Å². The van der Waals surface area contributed by atoms with Crippen LogP contribution in [0.3, 0.4) is 0 Å². The van der Waals surface area contributed by atoms with Crippen LogP contribution in [0.25, 0.3) is 0 Å². The van der Waals surface area contributed by atoms with Crippen molar-refractivity contribution in [2.75, 3.05) is 0 Å². The first-order valence-electron chi connectivity index (χ1n) is 5.49. The number of ether oxygens (including phenoxy) is 1. The molecule has 0 bridgehead atoms. The summed E-state index contributed by atoms with van der Waals surface area (Å²) in [6.45, 7) is 6.09. The Bertz CT molecular complexity index is 433. The highest BCUT2D eigenvalue weighted by atomic mass is 16.6. The Morgan fingerprint density at radius 3 is 2.88 bits per heavy atom. The molecule has 2 rings (SSSR count). The molecule has 1 aliphatic rings. The van der Waals surface area contributed by atoms with E-state index >= 15 is 0 Å². The Kier molecular flexibility index (Phi) is 2.82. The molecule has 0 unspecified atom stereocenters. The van der Waals surface area contributed by atoms with Crippen molar-refractivity contribution in [3.05, 3.63) is 11.3 Å². The fourth-order valence-corrected chi connectivity index (χ4v) is 1.70. The first kappa shape index (κ1) is 11.9. The van der Waals surface area contributed by atoms with Crippen LogP contribution in [0.2, 0.25) is 0 Å². The van der Waals surface area contributed by atoms with Crippen LogP contribution < -0.4 is 10.1 Å². The Labute approximate surface area is 98.9 Å². The van der Waals surface area contributed by atoms with Gasteiger partial charge in [0.2, 0.25) is 0 Å². The second-order valence-corrected chi connectivity index (χ2v) is 5.08. The monoisotopic (exact) mass is 240 g/mol. The number of hydrogen-bond acceptors (Lipinski definition) is 5. The van der Waals surface area contributed by atoms with Crippen molar-refractivity contribution in [2.24, 2.45) is 0 Å². The molecule has 6 heteroatoms. The van der Waals surface area contributed by atoms with Gasteiger partial charge in [0.25, 0.3) is 5.88 Å². The van der Waals surface area contributed by atoms with Gasteiger partial charge in [0.05, 0.1) is 12.1 Å². The van der Waals surface area contributed by atoms with Crippen molar-refractivity contribution in [3.63, 3.8) is 0 Å². The minimum absolute atomic E-state index is 0.333. The van der Waals surface area contributed by atoms with E-state index in [4.69, 9.17) is 14.4 Å². The normalized spacial score (nSPS) is 19.8. The third kappa shape index (κ3) is 2.58. The summed E-state index contributed by atoms with van der Waals surface area (Å²) in [5.74, 6) is 0.181. The molecule has 1 atom stereocenters. The van der Waals surface area contributed by atoms with E-state index in [0.29, 0.717) is 24.6 Å². The minimum Gasteiger partial charge on any atom is -0.480 e. The molecule has 1 aliphatic heterocycles. The van der Waals surface area contributed by atoms with E-state index < -0.39 is 12.0 Å². The fourth-order valence-electron chi connectivity index (χ4n) is 1.70. The van der Waals surface area contributed by atoms with Crippen molar-refractivity contribution < 1.29 is 19.2 Å². The number of aromatic nitrogens is 1. The average Bonchev–Trinajstić information content (AvgIpc) is 2.58. The maximum atomic E-state index is 10.9. The summed E-state index contributed by atoms with van der Waals surface area (Å²) in [5.41, 5.74) is 0.375. The smallest absolute Gasteiger partial charge is 0.321 e. The molecule has 2 heterocycles. The molecular formula is C11H16N2O4. The summed E-state index contributed by atoms with van der Waals surface area (Å²) >= 11 is 0. The Balaban J connectivity index is 2.22. The van der Waals surface area contributed by atoms with Gasteiger partial charge >= 0.3 is 5.97 Å². The number of nitrogens with one attached hydrogen (secondary N) is 1. The predicted octanol–water partition coefficient (Wildman–Crippen LogP) is 0.951. The van der Waals surface area contributed by atoms with Crippen LogP contribution in [0.15, 0.2) is 4.52 Å². The largest absolute Gasteiger partial charge is 0.480 e. The van der Waals surface area contributed by atoms with E-state index in [2.05, 4.69) is 10.5 Å². The fraction of sp³-hybridized carbons (Fsp3) is 0.636. The molecular weight excluding hydrogens is 224 g/mol. The molecule has 0 spiro atoms. The minimum atomic E-state index is -0.876. The van der Waals surface area contributed by atoms with Gasteiger partial charge in [0.15, 0.2) is 5.76 Å². The van der Waals surface area contributed by atoms with E-state index in [1.54, 1.807) is 0 Å². The van der Waals surface area contributed by atoms with Gasteiger partial charge < -0.3 is 14.4 Å². The molecule has 0 aliphatic carbocycles. The number of rotatable bonds is 2. The summed E-state index contributed by atoms with van der Waals surface area (Å²) < 4.78 is 10.8. The molecule has 2 N–H and O–H groups in total. The molecule has 94 valence electrons. The third-order valence-corrected chi connectivity index (χ3v) is 2.45. The topological polar surface area (TPSA) is 84.6 Å². The molecule has 0 aromatic carbocycles. The number of carboxylic acid groups (broad SMARTS) is 1. The first-order chi connectivity index (χ1) is 7.87. The van der Waals surface area contributed by atoms with Crippen LogP contribution in [0, 0.1) is 0 Å². The van der Waals surface area contributed by atoms with Crippen molar-refractivity contribution in [2.45, 2.75) is 45.4 Å². The van der Waals surface area contributed by atoms with Gasteiger partial charge in [-0.1, -0.05) is 0 Å². The maximum Gasteiger partial charge on any atom is 0.321 e. The van der Waals surface area contributed by atoms with E-state index in [0.717, 1.165) is 5.56 Å². The molecule has 1 aromatic rings. The highest BCUT2D eigenvalue weighted by Gasteiger charge is 2.31. The molecule has 0 radical (unpaired) electrons. The summed E-state index contributed by atoms with van der Waals surface area (Å²) in [5, 5.41) is 15.7. The zero-order valence-corrected chi connectivity index (χ0v) is 10.1. The Hall–Kier alpha value is -1.56. The second-order valence-electron chi connectivity index (χ2n) is 5.08. The van der Waals surface area contributed by atoms with Gasteiger partial charge in [0, 0.05) is 6.42 Å². The SMILES string of the molecule is CC(C)(C)Oc1noc2c1C[C@@H](C(=O)O)NC2. The van der Waals surface area contributed by atoms with Crippen LogP contribution >= 0.6 is 0 Å². The molecule has 0 saturated heterocycles. The number of aliphatic carboxylic acids is 1. The summed E-state index contributed by atoms with van der Waals surface area (Å²) in [7, 11) is 0. The van der Waals surface area contributed by atoms with Crippen LogP contribution in [-0.4, -0.2) is 27.9 Å². The van der Waals surface area contributed by atoms with Gasteiger partial charge in [-0.15, -0.1) is 0 Å². The van der Waals surface area contributed by atoms with Crippen molar-refractivity contribution in [1.82, 2.24) is 10.5 Å². The quantitative estimate of drug-likeness (QED) is 0.800. The van der Waals surface area contributed by atoms with Crippen LogP contribution in [-0.2, 0) is 17.8 Å². The molecule has 17 heavy (non-hydrogen) atoms. The number of nitrogens with zero attached hydrogens (tertiary/aromatic N) is 1. The van der Waals surface area contributed by atoms with Crippen molar-refractivity contribution >= 4 is 5.97 Å². The lowest BCUT2D eigenvalue weighted by atomic mass is 10.0. The molecule has 0 fully saturated rings. The second kappa shape index (κ2) is 4.03. The first-order valence-corrected chi connectivity index (χ1v) is 5.49. The zero-order chi connectivity index (χ0) is 12.6. The molecule has 1 aromatic heterocycles. The maximum absolute atomic E-state index is 10.9. The molecule has 0 saturated carbocycles. The standard InChI is InChI=1S/C11H16N2O4/c1-11(2,3)16-9-6-4-7(10(14)15)12-5-8(6)17-13-9/h7,12H,4-5H2,1-3H3,(H,14,15)/t7-/m0/s1. The van der Waals surface area contributed by atoms with Gasteiger partial charge in [0.1, 0.15) is 11.6 Å². The van der Waals surface area contributed by atoms with Crippen LogP contribution in [0.4, 0.5) is 0 Å². The average molecular weight is 240 g/mol. The summed E-state index contributed by atoms with van der Waals surface area (Å²) in [4.78, 5) is 10.9. The number of carbonyl (C=O) groups is 1. The zero-order valence-electron chi connectivity index (χ0n) is 10.1. The Morgan fingerprint density at radius 1 is 1.59 bits per heavy atom. The van der Waals surface area contributed by atoms with Gasteiger partial charge in [-0.05, 0) is 25.9 Å². The van der Waals surface area contributed by atoms with Crippen LogP contribution in [0.5, 0.6) is 5.88 Å². The summed E-state index contributed by atoms with van der Waals surface area (Å²) in [6, 6.07) is -0.607. The summed E-state index contributed by atoms with van der Waals surface area (Å²) in [6.07, 6.45) is 0.333. The number of fused-ring (bicyclic) bond motifs is 1. The van der Waals surface area contributed by atoms with Crippen LogP contribution in [0.1, 0.15) is 32.1 Å². The lowest BCUT2D eigenvalue weighted by Gasteiger charge is -2.22. The highest BCUT2D eigenvalue weighted by Crippen LogP contribution is 2.28. The van der Waals surface area contributed by atoms with E-state index in [1.807, 2.05) is 20.8 Å². The lowest BCUT2D eigenvalue weighted by Crippen LogP contribution is -2.41. The van der Waals surface area contributed by atoms with Gasteiger partial charge in [-0.2, -0.15) is 0 Å².